The summed E-state index contributed by atoms with van der Waals surface area (Å²) < 4.78 is 44.3. The molecular formula is C28H25F3N6O2. The molecule has 2 heterocycles. The third-order valence-electron chi connectivity index (χ3n) is 7.36. The van der Waals surface area contributed by atoms with Gasteiger partial charge in [-0.1, -0.05) is 6.07 Å². The fraction of sp³-hybridized carbons (Fsp3) is 0.286. The van der Waals surface area contributed by atoms with Gasteiger partial charge in [-0.05, 0) is 75.6 Å². The van der Waals surface area contributed by atoms with Crippen molar-refractivity contribution in [3.8, 4) is 28.7 Å². The third kappa shape index (κ3) is 4.27. The van der Waals surface area contributed by atoms with E-state index in [1.165, 1.54) is 23.7 Å². The van der Waals surface area contributed by atoms with E-state index in [1.54, 1.807) is 37.4 Å². The molecule has 2 aromatic carbocycles. The van der Waals surface area contributed by atoms with Gasteiger partial charge in [-0.2, -0.15) is 23.5 Å². The second-order valence-electron chi connectivity index (χ2n) is 9.66. The molecule has 1 aliphatic rings. The molecule has 4 aromatic rings. The maximum Gasteiger partial charge on any atom is 0.416 e. The fourth-order valence-corrected chi connectivity index (χ4v) is 5.08. The molecule has 0 spiro atoms. The molecule has 8 nitrogen and oxygen atoms in total. The molecule has 1 saturated carbocycles. The van der Waals surface area contributed by atoms with E-state index in [9.17, 15) is 28.0 Å². The molecular weight excluding hydrogens is 509 g/mol. The lowest BCUT2D eigenvalue weighted by atomic mass is 9.72. The van der Waals surface area contributed by atoms with Crippen LogP contribution in [0.3, 0.4) is 0 Å². The summed E-state index contributed by atoms with van der Waals surface area (Å²) in [6.45, 7) is 3.15. The van der Waals surface area contributed by atoms with Gasteiger partial charge in [0.05, 0.1) is 46.0 Å². The van der Waals surface area contributed by atoms with Crippen LogP contribution in [0.1, 0.15) is 48.6 Å². The first-order chi connectivity index (χ1) is 18.5. The standard InChI is InChI=1S/C28H25F3N6O2/c1-3-35-25(38)23(17(2)36(26(35)39)21-7-4-6-19(14-21)28(29,30)31)24-22(27(33)12-5-13-27)16-34-37(24)20-10-8-18(15-32)9-11-20/h4,6-11,14,16H,3,5,12-13,33H2,1-2H3. The Morgan fingerprint density at radius 1 is 1.10 bits per heavy atom. The molecule has 5 rings (SSSR count). The van der Waals surface area contributed by atoms with Crippen molar-refractivity contribution in [2.45, 2.75) is 51.4 Å². The molecule has 11 heteroatoms. The molecule has 1 fully saturated rings. The average Bonchev–Trinajstić information content (AvgIpc) is 3.32. The van der Waals surface area contributed by atoms with E-state index in [-0.39, 0.29) is 23.5 Å². The van der Waals surface area contributed by atoms with Gasteiger partial charge in [0.25, 0.3) is 5.56 Å². The minimum Gasteiger partial charge on any atom is -0.321 e. The van der Waals surface area contributed by atoms with Crippen LogP contribution in [-0.4, -0.2) is 18.9 Å². The second-order valence-corrected chi connectivity index (χ2v) is 9.66. The van der Waals surface area contributed by atoms with Gasteiger partial charge in [-0.3, -0.25) is 13.9 Å². The Morgan fingerprint density at radius 2 is 1.79 bits per heavy atom. The number of nitrogens with two attached hydrogens (primary N) is 1. The Labute approximate surface area is 221 Å². The van der Waals surface area contributed by atoms with Gasteiger partial charge in [-0.15, -0.1) is 0 Å². The first-order valence-corrected chi connectivity index (χ1v) is 12.4. The van der Waals surface area contributed by atoms with E-state index < -0.39 is 28.5 Å². The van der Waals surface area contributed by atoms with Gasteiger partial charge < -0.3 is 5.73 Å². The van der Waals surface area contributed by atoms with Crippen LogP contribution in [0.25, 0.3) is 22.6 Å². The molecule has 0 aliphatic heterocycles. The van der Waals surface area contributed by atoms with Gasteiger partial charge in [-0.25, -0.2) is 9.48 Å². The summed E-state index contributed by atoms with van der Waals surface area (Å²) in [4.78, 5) is 27.3. The van der Waals surface area contributed by atoms with E-state index in [4.69, 9.17) is 5.73 Å². The zero-order valence-electron chi connectivity index (χ0n) is 21.3. The Hall–Kier alpha value is -4.43. The zero-order chi connectivity index (χ0) is 28.1. The van der Waals surface area contributed by atoms with Crippen LogP contribution < -0.4 is 17.0 Å². The highest BCUT2D eigenvalue weighted by atomic mass is 19.4. The monoisotopic (exact) mass is 534 g/mol. The van der Waals surface area contributed by atoms with Crippen LogP contribution in [0.5, 0.6) is 0 Å². The number of alkyl halides is 3. The number of nitrogens with zero attached hydrogens (tertiary/aromatic N) is 5. The summed E-state index contributed by atoms with van der Waals surface area (Å²) in [5, 5.41) is 13.8. The zero-order valence-corrected chi connectivity index (χ0v) is 21.3. The molecule has 2 N–H and O–H groups in total. The van der Waals surface area contributed by atoms with E-state index in [2.05, 4.69) is 11.2 Å². The molecule has 0 saturated heterocycles. The van der Waals surface area contributed by atoms with Crippen LogP contribution in [-0.2, 0) is 18.3 Å². The van der Waals surface area contributed by atoms with Gasteiger partial charge in [0.2, 0.25) is 0 Å². The van der Waals surface area contributed by atoms with Crippen molar-refractivity contribution in [3.05, 3.63) is 98.0 Å². The van der Waals surface area contributed by atoms with E-state index >= 15 is 0 Å². The van der Waals surface area contributed by atoms with Gasteiger partial charge in [0.1, 0.15) is 0 Å². The van der Waals surface area contributed by atoms with Crippen LogP contribution in [0.15, 0.2) is 64.3 Å². The minimum absolute atomic E-state index is 0.00197. The van der Waals surface area contributed by atoms with Gasteiger partial charge in [0, 0.05) is 23.3 Å². The molecule has 2 aromatic heterocycles. The molecule has 0 bridgehead atoms. The number of nitriles is 1. The Morgan fingerprint density at radius 3 is 2.36 bits per heavy atom. The number of hydrogen-bond donors (Lipinski definition) is 1. The van der Waals surface area contributed by atoms with Crippen molar-refractivity contribution >= 4 is 0 Å². The second kappa shape index (κ2) is 9.39. The maximum absolute atomic E-state index is 13.9. The lowest BCUT2D eigenvalue weighted by Crippen LogP contribution is -2.45. The predicted molar refractivity (Wildman–Crippen MR) is 139 cm³/mol. The van der Waals surface area contributed by atoms with Crippen molar-refractivity contribution in [2.24, 2.45) is 5.73 Å². The van der Waals surface area contributed by atoms with Crippen LogP contribution >= 0.6 is 0 Å². The third-order valence-corrected chi connectivity index (χ3v) is 7.36. The molecule has 1 aliphatic carbocycles. The van der Waals surface area contributed by atoms with E-state index in [1.807, 2.05) is 0 Å². The molecule has 0 radical (unpaired) electrons. The smallest absolute Gasteiger partial charge is 0.321 e. The molecule has 0 amide bonds. The first kappa shape index (κ1) is 26.2. The van der Waals surface area contributed by atoms with E-state index in [0.717, 1.165) is 27.7 Å². The lowest BCUT2D eigenvalue weighted by Gasteiger charge is -2.38. The first-order valence-electron chi connectivity index (χ1n) is 12.4. The van der Waals surface area contributed by atoms with Crippen LogP contribution in [0.2, 0.25) is 0 Å². The molecule has 0 atom stereocenters. The molecule has 39 heavy (non-hydrogen) atoms. The van der Waals surface area contributed by atoms with Crippen LogP contribution in [0.4, 0.5) is 13.2 Å². The summed E-state index contributed by atoms with van der Waals surface area (Å²) >= 11 is 0. The lowest BCUT2D eigenvalue weighted by molar-refractivity contribution is -0.137. The quantitative estimate of drug-likeness (QED) is 0.408. The predicted octanol–water partition coefficient (Wildman–Crippen LogP) is 4.41. The SMILES string of the molecule is CCn1c(=O)c(-c2c(C3(N)CCC3)cnn2-c2ccc(C#N)cc2)c(C)n(-c2cccc(C(F)(F)F)c2)c1=O. The number of rotatable bonds is 5. The van der Waals surface area contributed by atoms with Crippen molar-refractivity contribution in [2.75, 3.05) is 0 Å². The Bertz CT molecular complexity index is 1740. The number of halogens is 3. The van der Waals surface area contributed by atoms with Crippen molar-refractivity contribution in [3.63, 3.8) is 0 Å². The summed E-state index contributed by atoms with van der Waals surface area (Å²) in [5.74, 6) is 0. The highest BCUT2D eigenvalue weighted by molar-refractivity contribution is 5.70. The Balaban J connectivity index is 1.86. The highest BCUT2D eigenvalue weighted by Crippen LogP contribution is 2.43. The van der Waals surface area contributed by atoms with Gasteiger partial charge in [0.15, 0.2) is 0 Å². The maximum atomic E-state index is 13.9. The normalized spacial score (nSPS) is 14.6. The number of aromatic nitrogens is 4. The number of hydrogen-bond acceptors (Lipinski definition) is 5. The minimum atomic E-state index is -4.62. The summed E-state index contributed by atoms with van der Waals surface area (Å²) in [6, 6.07) is 13.1. The van der Waals surface area contributed by atoms with Crippen molar-refractivity contribution in [1.82, 2.24) is 18.9 Å². The summed E-state index contributed by atoms with van der Waals surface area (Å²) in [7, 11) is 0. The fourth-order valence-electron chi connectivity index (χ4n) is 5.08. The summed E-state index contributed by atoms with van der Waals surface area (Å²) in [6.07, 6.45) is -0.810. The topological polar surface area (TPSA) is 112 Å². The van der Waals surface area contributed by atoms with Gasteiger partial charge >= 0.3 is 11.9 Å². The molecule has 200 valence electrons. The van der Waals surface area contributed by atoms with Crippen molar-refractivity contribution in [1.29, 1.82) is 5.26 Å². The Kier molecular flexibility index (Phi) is 6.31. The van der Waals surface area contributed by atoms with E-state index in [0.29, 0.717) is 35.3 Å². The van der Waals surface area contributed by atoms with Crippen LogP contribution in [0, 0.1) is 18.3 Å². The van der Waals surface area contributed by atoms with Crippen molar-refractivity contribution < 1.29 is 13.2 Å². The largest absolute Gasteiger partial charge is 0.416 e. The number of benzene rings is 2. The summed E-state index contributed by atoms with van der Waals surface area (Å²) in [5.41, 5.74) is 5.92. The molecule has 0 unspecified atom stereocenters. The highest BCUT2D eigenvalue weighted by Gasteiger charge is 2.40. The average molecular weight is 535 g/mol.